The lowest BCUT2D eigenvalue weighted by molar-refractivity contribution is 0.290. The number of para-hydroxylation sites is 1. The Labute approximate surface area is 114 Å². The Bertz CT molecular complexity index is 390. The highest BCUT2D eigenvalue weighted by atomic mass is 35.5. The second-order valence-electron chi connectivity index (χ2n) is 3.34. The summed E-state index contributed by atoms with van der Waals surface area (Å²) in [6, 6.07) is 5.64. The zero-order valence-corrected chi connectivity index (χ0v) is 11.1. The van der Waals surface area contributed by atoms with E-state index < -0.39 is 0 Å². The van der Waals surface area contributed by atoms with Crippen molar-refractivity contribution in [2.75, 3.05) is 26.9 Å². The van der Waals surface area contributed by atoms with Crippen LogP contribution >= 0.6 is 12.4 Å². The van der Waals surface area contributed by atoms with E-state index in [1.165, 1.54) is 0 Å². The maximum atomic E-state index is 8.71. The van der Waals surface area contributed by atoms with Crippen molar-refractivity contribution in [3.05, 3.63) is 23.8 Å². The summed E-state index contributed by atoms with van der Waals surface area (Å²) >= 11 is 0. The van der Waals surface area contributed by atoms with Crippen LogP contribution in [0.1, 0.15) is 5.56 Å². The largest absolute Gasteiger partial charge is 0.493 e. The number of aliphatic hydroxyl groups excluding tert-OH is 1. The molecule has 2 N–H and O–H groups in total. The minimum absolute atomic E-state index is 0. The number of ether oxygens (including phenoxy) is 2. The van der Waals surface area contributed by atoms with Gasteiger partial charge in [-0.1, -0.05) is 18.1 Å². The van der Waals surface area contributed by atoms with E-state index in [0.29, 0.717) is 24.6 Å². The number of halogens is 1. The van der Waals surface area contributed by atoms with Crippen molar-refractivity contribution >= 4 is 12.4 Å². The van der Waals surface area contributed by atoms with Gasteiger partial charge in [0.25, 0.3) is 0 Å². The summed E-state index contributed by atoms with van der Waals surface area (Å²) in [5.74, 6) is 3.73. The van der Waals surface area contributed by atoms with E-state index in [4.69, 9.17) is 21.0 Å². The maximum absolute atomic E-state index is 8.71. The van der Waals surface area contributed by atoms with Crippen LogP contribution in [0.3, 0.4) is 0 Å². The molecule has 0 unspecified atom stereocenters. The molecular formula is C13H18ClNO3. The minimum atomic E-state index is 0. The molecule has 0 bridgehead atoms. The van der Waals surface area contributed by atoms with Crippen LogP contribution in [0.25, 0.3) is 0 Å². The van der Waals surface area contributed by atoms with E-state index in [-0.39, 0.29) is 25.6 Å². The molecule has 0 fully saturated rings. The van der Waals surface area contributed by atoms with E-state index in [2.05, 4.69) is 11.2 Å². The number of rotatable bonds is 7. The fraction of sp³-hybridized carbons (Fsp3) is 0.385. The van der Waals surface area contributed by atoms with Crippen LogP contribution in [-0.4, -0.2) is 32.0 Å². The van der Waals surface area contributed by atoms with Crippen LogP contribution in [-0.2, 0) is 6.54 Å². The molecule has 0 saturated carbocycles. The van der Waals surface area contributed by atoms with Crippen LogP contribution in [0.15, 0.2) is 18.2 Å². The number of terminal acetylenes is 1. The van der Waals surface area contributed by atoms with Gasteiger partial charge < -0.3 is 19.9 Å². The van der Waals surface area contributed by atoms with E-state index in [0.717, 1.165) is 5.56 Å². The number of nitrogens with one attached hydrogen (secondary N) is 1. The van der Waals surface area contributed by atoms with E-state index >= 15 is 0 Å². The smallest absolute Gasteiger partial charge is 0.167 e. The van der Waals surface area contributed by atoms with Gasteiger partial charge in [0.1, 0.15) is 6.61 Å². The predicted octanol–water partition coefficient (Wildman–Crippen LogP) is 1.21. The van der Waals surface area contributed by atoms with Crippen molar-refractivity contribution < 1.29 is 14.6 Å². The van der Waals surface area contributed by atoms with E-state index in [9.17, 15) is 0 Å². The molecule has 1 aromatic carbocycles. The Balaban J connectivity index is 0.00000289. The topological polar surface area (TPSA) is 50.7 Å². The fourth-order valence-corrected chi connectivity index (χ4v) is 1.44. The number of hydrogen-bond acceptors (Lipinski definition) is 4. The zero-order valence-electron chi connectivity index (χ0n) is 10.3. The standard InChI is InChI=1S/C13H17NO3.ClH/c1-3-9-17-13-11(10-14-7-8-15)5-4-6-12(13)16-2;/h1,4-6,14-15H,7-10H2,2H3;1H. The zero-order chi connectivity index (χ0) is 12.5. The maximum Gasteiger partial charge on any atom is 0.167 e. The molecule has 1 aromatic rings. The van der Waals surface area contributed by atoms with E-state index in [1.54, 1.807) is 7.11 Å². The SMILES string of the molecule is C#CCOc1c(CNCCO)cccc1OC.Cl. The summed E-state index contributed by atoms with van der Waals surface area (Å²) in [5.41, 5.74) is 0.952. The lowest BCUT2D eigenvalue weighted by atomic mass is 10.2. The van der Waals surface area contributed by atoms with Gasteiger partial charge in [-0.15, -0.1) is 18.8 Å². The van der Waals surface area contributed by atoms with Gasteiger partial charge in [-0.25, -0.2) is 0 Å². The van der Waals surface area contributed by atoms with Gasteiger partial charge >= 0.3 is 0 Å². The highest BCUT2D eigenvalue weighted by Crippen LogP contribution is 2.30. The highest BCUT2D eigenvalue weighted by molar-refractivity contribution is 5.85. The molecule has 0 saturated heterocycles. The predicted molar refractivity (Wildman–Crippen MR) is 73.4 cm³/mol. The Kier molecular flexibility index (Phi) is 8.85. The molecule has 0 aliphatic rings. The van der Waals surface area contributed by atoms with Crippen molar-refractivity contribution in [2.45, 2.75) is 6.54 Å². The quantitative estimate of drug-likeness (QED) is 0.578. The van der Waals surface area contributed by atoms with Gasteiger partial charge in [0.05, 0.1) is 13.7 Å². The molecule has 0 amide bonds. The summed E-state index contributed by atoms with van der Waals surface area (Å²) < 4.78 is 10.7. The lowest BCUT2D eigenvalue weighted by Gasteiger charge is -2.13. The number of aliphatic hydroxyl groups is 1. The Morgan fingerprint density at radius 1 is 1.44 bits per heavy atom. The third-order valence-electron chi connectivity index (χ3n) is 2.18. The Hall–Kier alpha value is -1.41. The average molecular weight is 272 g/mol. The molecule has 5 heteroatoms. The van der Waals surface area contributed by atoms with Crippen LogP contribution in [0.5, 0.6) is 11.5 Å². The minimum Gasteiger partial charge on any atom is -0.493 e. The van der Waals surface area contributed by atoms with Crippen LogP contribution < -0.4 is 14.8 Å². The van der Waals surface area contributed by atoms with Gasteiger partial charge in [0.15, 0.2) is 11.5 Å². The van der Waals surface area contributed by atoms with Crippen molar-refractivity contribution in [1.29, 1.82) is 0 Å². The summed E-state index contributed by atoms with van der Waals surface area (Å²) in [5, 5.41) is 11.8. The first-order chi connectivity index (χ1) is 8.33. The Morgan fingerprint density at radius 2 is 2.22 bits per heavy atom. The van der Waals surface area contributed by atoms with Gasteiger partial charge in [0.2, 0.25) is 0 Å². The normalized spacial score (nSPS) is 9.17. The molecule has 1 rings (SSSR count). The molecule has 18 heavy (non-hydrogen) atoms. The second kappa shape index (κ2) is 9.60. The summed E-state index contributed by atoms with van der Waals surface area (Å²) in [6.45, 7) is 1.43. The first-order valence-corrected chi connectivity index (χ1v) is 5.37. The van der Waals surface area contributed by atoms with Crippen LogP contribution in [0, 0.1) is 12.3 Å². The summed E-state index contributed by atoms with van der Waals surface area (Å²) in [6.07, 6.45) is 5.18. The molecule has 100 valence electrons. The lowest BCUT2D eigenvalue weighted by Crippen LogP contribution is -2.18. The summed E-state index contributed by atoms with van der Waals surface area (Å²) in [7, 11) is 1.59. The van der Waals surface area contributed by atoms with Gasteiger partial charge in [-0.05, 0) is 6.07 Å². The molecule has 0 aromatic heterocycles. The van der Waals surface area contributed by atoms with Gasteiger partial charge in [-0.3, -0.25) is 0 Å². The molecule has 0 spiro atoms. The first kappa shape index (κ1) is 16.6. The fourth-order valence-electron chi connectivity index (χ4n) is 1.44. The van der Waals surface area contributed by atoms with Crippen LogP contribution in [0.4, 0.5) is 0 Å². The monoisotopic (exact) mass is 271 g/mol. The first-order valence-electron chi connectivity index (χ1n) is 5.37. The van der Waals surface area contributed by atoms with Crippen molar-refractivity contribution in [1.82, 2.24) is 5.32 Å². The van der Waals surface area contributed by atoms with Gasteiger partial charge in [-0.2, -0.15) is 0 Å². The highest BCUT2D eigenvalue weighted by Gasteiger charge is 2.09. The molecule has 0 radical (unpaired) electrons. The molecule has 4 nitrogen and oxygen atoms in total. The van der Waals surface area contributed by atoms with E-state index in [1.807, 2.05) is 18.2 Å². The molecule has 0 aliphatic heterocycles. The van der Waals surface area contributed by atoms with Crippen molar-refractivity contribution in [2.24, 2.45) is 0 Å². The number of methoxy groups -OCH3 is 1. The molecular weight excluding hydrogens is 254 g/mol. The molecule has 0 aliphatic carbocycles. The van der Waals surface area contributed by atoms with Crippen molar-refractivity contribution in [3.63, 3.8) is 0 Å². The average Bonchev–Trinajstić information content (AvgIpc) is 2.37. The Morgan fingerprint density at radius 3 is 2.83 bits per heavy atom. The van der Waals surface area contributed by atoms with Crippen molar-refractivity contribution in [3.8, 4) is 23.8 Å². The van der Waals surface area contributed by atoms with Crippen LogP contribution in [0.2, 0.25) is 0 Å². The molecule has 0 heterocycles. The number of benzene rings is 1. The van der Waals surface area contributed by atoms with Gasteiger partial charge in [0, 0.05) is 18.7 Å². The molecule has 0 atom stereocenters. The third kappa shape index (κ3) is 4.84. The number of hydrogen-bond donors (Lipinski definition) is 2. The second-order valence-corrected chi connectivity index (χ2v) is 3.34. The third-order valence-corrected chi connectivity index (χ3v) is 2.18. The summed E-state index contributed by atoms with van der Waals surface area (Å²) in [4.78, 5) is 0.